The Morgan fingerprint density at radius 2 is 1.76 bits per heavy atom. The minimum atomic E-state index is -1.02. The fourth-order valence-electron chi connectivity index (χ4n) is 3.02. The van der Waals surface area contributed by atoms with Crippen molar-refractivity contribution in [1.82, 2.24) is 5.32 Å². The Labute approximate surface area is 127 Å². The van der Waals surface area contributed by atoms with Gasteiger partial charge in [-0.1, -0.05) is 31.4 Å². The number of carbonyl (C=O) groups is 1. The molecule has 1 atom stereocenters. The van der Waals surface area contributed by atoms with Gasteiger partial charge in [-0.25, -0.2) is 4.79 Å². The highest BCUT2D eigenvalue weighted by atomic mass is 16.4. The van der Waals surface area contributed by atoms with Crippen molar-refractivity contribution in [2.45, 2.75) is 50.6 Å². The molecule has 4 heteroatoms. The average Bonchev–Trinajstić information content (AvgIpc) is 2.48. The number of nitrogens with one attached hydrogen (secondary N) is 1. The van der Waals surface area contributed by atoms with Gasteiger partial charge in [-0.15, -0.1) is 0 Å². The molecule has 2 N–H and O–H groups in total. The van der Waals surface area contributed by atoms with E-state index in [1.54, 1.807) is 6.92 Å². The Hall–Kier alpha value is -1.55. The summed E-state index contributed by atoms with van der Waals surface area (Å²) in [5.41, 5.74) is 0.864. The predicted molar refractivity (Wildman–Crippen MR) is 85.8 cm³/mol. The molecule has 1 saturated carbocycles. The van der Waals surface area contributed by atoms with Gasteiger partial charge in [0.25, 0.3) is 0 Å². The highest BCUT2D eigenvalue weighted by molar-refractivity contribution is 5.80. The van der Waals surface area contributed by atoms with Crippen molar-refractivity contribution < 1.29 is 9.90 Å². The fourth-order valence-corrected chi connectivity index (χ4v) is 3.02. The molecule has 2 rings (SSSR count). The summed E-state index contributed by atoms with van der Waals surface area (Å²) >= 11 is 0. The SMILES string of the molecule is CN(C)c1ccc(C(C)(NC2CCCCC2)C(=O)O)cc1. The van der Waals surface area contributed by atoms with E-state index in [-0.39, 0.29) is 0 Å². The van der Waals surface area contributed by atoms with Gasteiger partial charge in [-0.05, 0) is 37.5 Å². The van der Waals surface area contributed by atoms with E-state index >= 15 is 0 Å². The molecular formula is C17H26N2O2. The van der Waals surface area contributed by atoms with Gasteiger partial charge in [-0.2, -0.15) is 0 Å². The molecule has 0 aliphatic heterocycles. The maximum absolute atomic E-state index is 11.8. The van der Waals surface area contributed by atoms with Gasteiger partial charge in [0.1, 0.15) is 5.54 Å². The van der Waals surface area contributed by atoms with Crippen molar-refractivity contribution in [3.63, 3.8) is 0 Å². The van der Waals surface area contributed by atoms with Crippen molar-refractivity contribution in [1.29, 1.82) is 0 Å². The normalized spacial score (nSPS) is 19.0. The van der Waals surface area contributed by atoms with E-state index in [2.05, 4.69) is 5.32 Å². The van der Waals surface area contributed by atoms with E-state index in [4.69, 9.17) is 0 Å². The number of benzene rings is 1. The van der Waals surface area contributed by atoms with Crippen LogP contribution in [0.3, 0.4) is 0 Å². The second-order valence-electron chi connectivity index (χ2n) is 6.35. The fraction of sp³-hybridized carbons (Fsp3) is 0.588. The van der Waals surface area contributed by atoms with Gasteiger partial charge in [0.15, 0.2) is 0 Å². The molecule has 0 bridgehead atoms. The van der Waals surface area contributed by atoms with Crippen LogP contribution in [0.2, 0.25) is 0 Å². The first kappa shape index (κ1) is 15.8. The molecule has 1 aliphatic carbocycles. The van der Waals surface area contributed by atoms with E-state index in [0.717, 1.165) is 24.1 Å². The van der Waals surface area contributed by atoms with E-state index in [9.17, 15) is 9.90 Å². The lowest BCUT2D eigenvalue weighted by Crippen LogP contribution is -2.51. The zero-order valence-electron chi connectivity index (χ0n) is 13.2. The number of aliphatic carboxylic acids is 1. The molecule has 0 amide bonds. The lowest BCUT2D eigenvalue weighted by atomic mass is 9.87. The van der Waals surface area contributed by atoms with Crippen LogP contribution in [0.15, 0.2) is 24.3 Å². The Morgan fingerprint density at radius 3 is 2.24 bits per heavy atom. The van der Waals surface area contributed by atoms with Crippen LogP contribution in [-0.2, 0) is 10.3 Å². The van der Waals surface area contributed by atoms with E-state index < -0.39 is 11.5 Å². The monoisotopic (exact) mass is 290 g/mol. The Kier molecular flexibility index (Phi) is 4.88. The summed E-state index contributed by atoms with van der Waals surface area (Å²) in [7, 11) is 3.96. The van der Waals surface area contributed by atoms with Crippen molar-refractivity contribution in [3.05, 3.63) is 29.8 Å². The van der Waals surface area contributed by atoms with Crippen molar-refractivity contribution in [3.8, 4) is 0 Å². The smallest absolute Gasteiger partial charge is 0.328 e. The van der Waals surface area contributed by atoms with Gasteiger partial charge in [0.05, 0.1) is 0 Å². The number of carboxylic acid groups (broad SMARTS) is 1. The van der Waals surface area contributed by atoms with Crippen LogP contribution in [0.5, 0.6) is 0 Å². The van der Waals surface area contributed by atoms with E-state index in [1.807, 2.05) is 43.3 Å². The zero-order valence-corrected chi connectivity index (χ0v) is 13.2. The molecule has 1 aromatic carbocycles. The van der Waals surface area contributed by atoms with Crippen LogP contribution in [0.4, 0.5) is 5.69 Å². The third kappa shape index (κ3) is 3.56. The number of anilines is 1. The molecule has 0 aromatic heterocycles. The Bertz CT molecular complexity index is 478. The van der Waals surface area contributed by atoms with Crippen LogP contribution in [0.25, 0.3) is 0 Å². The molecule has 1 aromatic rings. The molecular weight excluding hydrogens is 264 g/mol. The summed E-state index contributed by atoms with van der Waals surface area (Å²) in [5, 5.41) is 13.1. The second kappa shape index (κ2) is 6.48. The van der Waals surface area contributed by atoms with Crippen molar-refractivity contribution in [2.75, 3.05) is 19.0 Å². The van der Waals surface area contributed by atoms with Gasteiger partial charge < -0.3 is 10.0 Å². The minimum Gasteiger partial charge on any atom is -0.480 e. The number of hydrogen-bond donors (Lipinski definition) is 2. The topological polar surface area (TPSA) is 52.6 Å². The van der Waals surface area contributed by atoms with Gasteiger partial charge in [0, 0.05) is 25.8 Å². The lowest BCUT2D eigenvalue weighted by molar-refractivity contribution is -0.145. The summed E-state index contributed by atoms with van der Waals surface area (Å²) in [5.74, 6) is -0.814. The molecule has 4 nitrogen and oxygen atoms in total. The molecule has 1 fully saturated rings. The van der Waals surface area contributed by atoms with Crippen LogP contribution in [0, 0.1) is 0 Å². The van der Waals surface area contributed by atoms with Gasteiger partial charge in [-0.3, -0.25) is 5.32 Å². The van der Waals surface area contributed by atoms with E-state index in [0.29, 0.717) is 6.04 Å². The first-order valence-electron chi connectivity index (χ1n) is 7.72. The maximum Gasteiger partial charge on any atom is 0.328 e. The summed E-state index contributed by atoms with van der Waals surface area (Å²) in [4.78, 5) is 13.9. The molecule has 1 aliphatic rings. The largest absolute Gasteiger partial charge is 0.480 e. The molecule has 116 valence electrons. The quantitative estimate of drug-likeness (QED) is 0.875. The van der Waals surface area contributed by atoms with Crippen LogP contribution < -0.4 is 10.2 Å². The molecule has 1 unspecified atom stereocenters. The second-order valence-corrected chi connectivity index (χ2v) is 6.35. The third-order valence-electron chi connectivity index (χ3n) is 4.49. The van der Waals surface area contributed by atoms with Gasteiger partial charge >= 0.3 is 5.97 Å². The highest BCUT2D eigenvalue weighted by Crippen LogP contribution is 2.27. The van der Waals surface area contributed by atoms with Crippen LogP contribution >= 0.6 is 0 Å². The standard InChI is InChI=1S/C17H26N2O2/c1-17(16(20)21,18-14-7-5-4-6-8-14)13-9-11-15(12-10-13)19(2)3/h9-12,14,18H,4-8H2,1-3H3,(H,20,21). The number of nitrogens with zero attached hydrogens (tertiary/aromatic N) is 1. The van der Waals surface area contributed by atoms with Crippen molar-refractivity contribution in [2.24, 2.45) is 0 Å². The predicted octanol–water partition coefficient (Wildman–Crippen LogP) is 2.97. The Morgan fingerprint density at radius 1 is 1.19 bits per heavy atom. The molecule has 0 radical (unpaired) electrons. The van der Waals surface area contributed by atoms with Crippen LogP contribution in [-0.4, -0.2) is 31.2 Å². The lowest BCUT2D eigenvalue weighted by Gasteiger charge is -2.34. The van der Waals surface area contributed by atoms with Crippen LogP contribution in [0.1, 0.15) is 44.6 Å². The number of hydrogen-bond acceptors (Lipinski definition) is 3. The van der Waals surface area contributed by atoms with E-state index in [1.165, 1.54) is 19.3 Å². The molecule has 0 spiro atoms. The third-order valence-corrected chi connectivity index (χ3v) is 4.49. The summed E-state index contributed by atoms with van der Waals surface area (Å²) < 4.78 is 0. The van der Waals surface area contributed by atoms with Crippen molar-refractivity contribution >= 4 is 11.7 Å². The zero-order chi connectivity index (χ0) is 15.5. The first-order valence-corrected chi connectivity index (χ1v) is 7.72. The highest BCUT2D eigenvalue weighted by Gasteiger charge is 2.37. The summed E-state index contributed by atoms with van der Waals surface area (Å²) in [6.07, 6.45) is 5.77. The molecule has 0 heterocycles. The Balaban J connectivity index is 2.21. The van der Waals surface area contributed by atoms with Gasteiger partial charge in [0.2, 0.25) is 0 Å². The molecule has 0 saturated heterocycles. The first-order chi connectivity index (χ1) is 9.93. The molecule has 21 heavy (non-hydrogen) atoms. The maximum atomic E-state index is 11.8. The summed E-state index contributed by atoms with van der Waals surface area (Å²) in [6, 6.07) is 8.07. The summed E-state index contributed by atoms with van der Waals surface area (Å²) in [6.45, 7) is 1.77. The number of rotatable bonds is 5. The average molecular weight is 290 g/mol. The minimum absolute atomic E-state index is 0.299. The number of carboxylic acids is 1.